The maximum Gasteiger partial charge on any atom is 0.389 e. The molecule has 0 radical (unpaired) electrons. The Labute approximate surface area is 141 Å². The lowest BCUT2D eigenvalue weighted by atomic mass is 9.49. The molecule has 0 heterocycles. The largest absolute Gasteiger partial charge is 0.461 e. The first-order valence-corrected chi connectivity index (χ1v) is 8.96. The van der Waals surface area contributed by atoms with Gasteiger partial charge >= 0.3 is 18.6 Å². The number of rotatable bonds is 6. The molecule has 4 rings (SSSR count). The van der Waals surface area contributed by atoms with Gasteiger partial charge in [-0.3, -0.25) is 9.59 Å². The Hall–Kier alpha value is -1.20. The Morgan fingerprint density at radius 3 is 1.92 bits per heavy atom. The van der Waals surface area contributed by atoms with Crippen molar-refractivity contribution in [1.29, 1.82) is 0 Å². The minimum Gasteiger partial charge on any atom is -0.461 e. The molecule has 0 aromatic carbocycles. The van der Waals surface area contributed by atoms with Crippen molar-refractivity contribution in [3.8, 4) is 0 Å². The summed E-state index contributed by atoms with van der Waals surface area (Å²) in [7, 11) is 0. The molecule has 0 aromatic heterocycles. The average Bonchev–Trinajstić information content (AvgIpc) is 2.43. The minimum atomic E-state index is -3.14. The first kappa shape index (κ1) is 17.6. The molecule has 6 heteroatoms. The van der Waals surface area contributed by atoms with Crippen LogP contribution in [0.25, 0.3) is 0 Å². The van der Waals surface area contributed by atoms with Crippen molar-refractivity contribution >= 4 is 11.9 Å². The molecule has 4 aliphatic rings. The van der Waals surface area contributed by atoms with E-state index in [1.807, 2.05) is 13.8 Å². The maximum absolute atomic E-state index is 12.9. The van der Waals surface area contributed by atoms with Gasteiger partial charge in [0.1, 0.15) is 6.10 Å². The maximum atomic E-state index is 12.9. The SMILES string of the molecule is CC(C)C(CC(=O)OC(F)F)OC(=O)C12CC3CC(CC(C3)C1)C2. The summed E-state index contributed by atoms with van der Waals surface area (Å²) in [6, 6.07) is 0. The number of hydrogen-bond acceptors (Lipinski definition) is 4. The molecule has 1 unspecified atom stereocenters. The molecule has 1 atom stereocenters. The van der Waals surface area contributed by atoms with Gasteiger partial charge in [-0.25, -0.2) is 0 Å². The molecule has 0 amide bonds. The highest BCUT2D eigenvalue weighted by molar-refractivity contribution is 5.78. The summed E-state index contributed by atoms with van der Waals surface area (Å²) in [6.07, 6.45) is 5.28. The van der Waals surface area contributed by atoms with Gasteiger partial charge in [-0.05, 0) is 62.2 Å². The van der Waals surface area contributed by atoms with Crippen LogP contribution in [0.2, 0.25) is 0 Å². The third kappa shape index (κ3) is 3.57. The molecule has 136 valence electrons. The van der Waals surface area contributed by atoms with E-state index in [-0.39, 0.29) is 18.3 Å². The van der Waals surface area contributed by atoms with Crippen LogP contribution in [0.15, 0.2) is 0 Å². The predicted octanol–water partition coefficient (Wildman–Crippen LogP) is 3.93. The fraction of sp³-hybridized carbons (Fsp3) is 0.889. The molecule has 0 N–H and O–H groups in total. The standard InChI is InChI=1S/C18H26F2O4/c1-10(2)14(6-15(21)24-17(19)20)23-16(22)18-7-11-3-12(8-18)5-13(4-11)9-18/h10-14,17H,3-9H2,1-2H3. The van der Waals surface area contributed by atoms with E-state index in [9.17, 15) is 18.4 Å². The molecule has 24 heavy (non-hydrogen) atoms. The second kappa shape index (κ2) is 6.60. The van der Waals surface area contributed by atoms with Crippen LogP contribution in [0, 0.1) is 29.1 Å². The summed E-state index contributed by atoms with van der Waals surface area (Å²) < 4.78 is 33.9. The fourth-order valence-electron chi connectivity index (χ4n) is 5.35. The Morgan fingerprint density at radius 2 is 1.50 bits per heavy atom. The highest BCUT2D eigenvalue weighted by atomic mass is 19.3. The quantitative estimate of drug-likeness (QED) is 0.685. The van der Waals surface area contributed by atoms with Crippen molar-refractivity contribution in [3.05, 3.63) is 0 Å². The predicted molar refractivity (Wildman–Crippen MR) is 82.0 cm³/mol. The molecular weight excluding hydrogens is 318 g/mol. The van der Waals surface area contributed by atoms with E-state index in [0.717, 1.165) is 19.3 Å². The van der Waals surface area contributed by atoms with E-state index in [2.05, 4.69) is 4.74 Å². The molecule has 0 aliphatic heterocycles. The van der Waals surface area contributed by atoms with E-state index in [0.29, 0.717) is 17.8 Å². The van der Waals surface area contributed by atoms with Gasteiger partial charge in [-0.2, -0.15) is 8.78 Å². The van der Waals surface area contributed by atoms with Gasteiger partial charge in [0.25, 0.3) is 0 Å². The van der Waals surface area contributed by atoms with Gasteiger partial charge in [-0.15, -0.1) is 0 Å². The number of halogens is 2. The van der Waals surface area contributed by atoms with Crippen LogP contribution < -0.4 is 0 Å². The third-order valence-corrected chi connectivity index (χ3v) is 6.06. The minimum absolute atomic E-state index is 0.131. The highest BCUT2D eigenvalue weighted by Crippen LogP contribution is 2.60. The number of esters is 2. The molecule has 4 aliphatic carbocycles. The van der Waals surface area contributed by atoms with E-state index in [4.69, 9.17) is 4.74 Å². The van der Waals surface area contributed by atoms with Crippen molar-refractivity contribution in [1.82, 2.24) is 0 Å². The van der Waals surface area contributed by atoms with E-state index in [1.165, 1.54) is 19.3 Å². The number of carbonyl (C=O) groups excluding carboxylic acids is 2. The number of alkyl halides is 2. The summed E-state index contributed by atoms with van der Waals surface area (Å²) in [5.41, 5.74) is -0.408. The third-order valence-electron chi connectivity index (χ3n) is 6.06. The lowest BCUT2D eigenvalue weighted by Gasteiger charge is -2.55. The topological polar surface area (TPSA) is 52.6 Å². The zero-order valence-electron chi connectivity index (χ0n) is 14.3. The molecular formula is C18H26F2O4. The first-order chi connectivity index (χ1) is 11.3. The summed E-state index contributed by atoms with van der Waals surface area (Å²) in [5.74, 6) is 0.459. The lowest BCUT2D eigenvalue weighted by molar-refractivity contribution is -0.187. The average molecular weight is 344 g/mol. The van der Waals surface area contributed by atoms with Crippen LogP contribution in [0.4, 0.5) is 8.78 Å². The van der Waals surface area contributed by atoms with Gasteiger partial charge in [-0.1, -0.05) is 13.8 Å². The van der Waals surface area contributed by atoms with Crippen molar-refractivity contribution in [3.63, 3.8) is 0 Å². The van der Waals surface area contributed by atoms with E-state index < -0.39 is 24.1 Å². The molecule has 4 saturated carbocycles. The van der Waals surface area contributed by atoms with Crippen LogP contribution in [0.3, 0.4) is 0 Å². The molecule has 4 bridgehead atoms. The number of carbonyl (C=O) groups is 2. The Balaban J connectivity index is 1.64. The first-order valence-electron chi connectivity index (χ1n) is 8.96. The zero-order valence-corrected chi connectivity index (χ0v) is 14.3. The highest BCUT2D eigenvalue weighted by Gasteiger charge is 2.55. The second-order valence-electron chi connectivity index (χ2n) is 8.34. The van der Waals surface area contributed by atoms with Gasteiger partial charge in [0, 0.05) is 0 Å². The van der Waals surface area contributed by atoms with Crippen LogP contribution in [-0.2, 0) is 19.1 Å². The van der Waals surface area contributed by atoms with Gasteiger partial charge in [0.15, 0.2) is 0 Å². The smallest absolute Gasteiger partial charge is 0.389 e. The monoisotopic (exact) mass is 344 g/mol. The van der Waals surface area contributed by atoms with Crippen molar-refractivity contribution in [2.75, 3.05) is 0 Å². The van der Waals surface area contributed by atoms with Gasteiger partial charge < -0.3 is 9.47 Å². The molecule has 0 saturated heterocycles. The molecule has 4 nitrogen and oxygen atoms in total. The normalized spacial score (nSPS) is 35.3. The van der Waals surface area contributed by atoms with E-state index >= 15 is 0 Å². The van der Waals surface area contributed by atoms with Gasteiger partial charge in [0.2, 0.25) is 0 Å². The molecule has 0 spiro atoms. The summed E-state index contributed by atoms with van der Waals surface area (Å²) in [4.78, 5) is 24.4. The van der Waals surface area contributed by atoms with Crippen molar-refractivity contribution in [2.45, 2.75) is 71.5 Å². The summed E-state index contributed by atoms with van der Waals surface area (Å²) >= 11 is 0. The Bertz CT molecular complexity index is 468. The van der Waals surface area contributed by atoms with Crippen LogP contribution in [0.5, 0.6) is 0 Å². The number of hydrogen-bond donors (Lipinski definition) is 0. The zero-order chi connectivity index (χ0) is 17.5. The summed E-state index contributed by atoms with van der Waals surface area (Å²) in [5, 5.41) is 0. The van der Waals surface area contributed by atoms with Crippen molar-refractivity contribution in [2.24, 2.45) is 29.1 Å². The Kier molecular flexibility index (Phi) is 4.85. The fourth-order valence-corrected chi connectivity index (χ4v) is 5.35. The number of ether oxygens (including phenoxy) is 2. The van der Waals surface area contributed by atoms with Crippen LogP contribution >= 0.6 is 0 Å². The lowest BCUT2D eigenvalue weighted by Crippen LogP contribution is -2.51. The van der Waals surface area contributed by atoms with Gasteiger partial charge in [0.05, 0.1) is 11.8 Å². The second-order valence-corrected chi connectivity index (χ2v) is 8.34. The van der Waals surface area contributed by atoms with Crippen LogP contribution in [0.1, 0.15) is 58.8 Å². The summed E-state index contributed by atoms with van der Waals surface area (Å²) in [6.45, 7) is 0.491. The van der Waals surface area contributed by atoms with E-state index in [1.54, 1.807) is 0 Å². The van der Waals surface area contributed by atoms with Crippen molar-refractivity contribution < 1.29 is 27.8 Å². The van der Waals surface area contributed by atoms with Crippen LogP contribution in [-0.4, -0.2) is 24.7 Å². The Morgan fingerprint density at radius 1 is 1.00 bits per heavy atom. The molecule has 0 aromatic rings. The molecule has 4 fully saturated rings.